The second kappa shape index (κ2) is 3.01. The lowest BCUT2D eigenvalue weighted by Gasteiger charge is -2.29. The van der Waals surface area contributed by atoms with Crippen molar-refractivity contribution in [3.63, 3.8) is 0 Å². The monoisotopic (exact) mass is 142 g/mol. The van der Waals surface area contributed by atoms with Gasteiger partial charge in [-0.05, 0) is 19.9 Å². The van der Waals surface area contributed by atoms with Gasteiger partial charge in [0.1, 0.15) is 0 Å². The third kappa shape index (κ3) is 1.29. The maximum absolute atomic E-state index is 11.2. The molecular formula is C7H14N2O. The van der Waals surface area contributed by atoms with Gasteiger partial charge in [0.05, 0.1) is 6.04 Å². The van der Waals surface area contributed by atoms with Crippen molar-refractivity contribution in [3.8, 4) is 0 Å². The summed E-state index contributed by atoms with van der Waals surface area (Å²) in [6.07, 6.45) is 1.00. The molecule has 0 aromatic rings. The van der Waals surface area contributed by atoms with Gasteiger partial charge >= 0.3 is 0 Å². The molecule has 58 valence electrons. The number of nitrogens with one attached hydrogen (secondary N) is 1. The maximum Gasteiger partial charge on any atom is 0.239 e. The molecule has 1 fully saturated rings. The number of likely N-dealkylation sites (N-methyl/N-ethyl adjacent to an activating group) is 1. The van der Waals surface area contributed by atoms with Crippen molar-refractivity contribution in [1.82, 2.24) is 10.2 Å². The van der Waals surface area contributed by atoms with E-state index < -0.39 is 0 Å². The smallest absolute Gasteiger partial charge is 0.239 e. The standard InChI is InChI=1S/C7H14N2O/c1-3-9(2)7(10)6-4-5-8-6/h6,8H,3-5H2,1-2H3. The Kier molecular flexibility index (Phi) is 2.27. The molecule has 1 rings (SSSR count). The van der Waals surface area contributed by atoms with Gasteiger partial charge < -0.3 is 10.2 Å². The quantitative estimate of drug-likeness (QED) is 0.580. The van der Waals surface area contributed by atoms with Gasteiger partial charge in [0.2, 0.25) is 5.91 Å². The first-order valence-electron chi connectivity index (χ1n) is 3.74. The summed E-state index contributed by atoms with van der Waals surface area (Å²) in [5.74, 6) is 0.230. The predicted molar refractivity (Wildman–Crippen MR) is 39.7 cm³/mol. The number of hydrogen-bond acceptors (Lipinski definition) is 2. The Morgan fingerprint density at radius 3 is 2.70 bits per heavy atom. The highest BCUT2D eigenvalue weighted by Crippen LogP contribution is 2.04. The van der Waals surface area contributed by atoms with E-state index in [9.17, 15) is 4.79 Å². The van der Waals surface area contributed by atoms with Gasteiger partial charge in [0.15, 0.2) is 0 Å². The second-order valence-corrected chi connectivity index (χ2v) is 2.65. The Balaban J connectivity index is 2.32. The molecule has 3 heteroatoms. The summed E-state index contributed by atoms with van der Waals surface area (Å²) in [6, 6.07) is 0.116. The van der Waals surface area contributed by atoms with Crippen molar-refractivity contribution in [3.05, 3.63) is 0 Å². The van der Waals surface area contributed by atoms with Crippen LogP contribution in [-0.4, -0.2) is 37.0 Å². The Labute approximate surface area is 61.4 Å². The topological polar surface area (TPSA) is 32.3 Å². The van der Waals surface area contributed by atoms with Crippen LogP contribution in [0.5, 0.6) is 0 Å². The molecule has 1 aliphatic heterocycles. The SMILES string of the molecule is CCN(C)C(=O)C1CCN1. The summed E-state index contributed by atoms with van der Waals surface area (Å²) in [5.41, 5.74) is 0. The molecule has 1 unspecified atom stereocenters. The van der Waals surface area contributed by atoms with Crippen LogP contribution in [0.25, 0.3) is 0 Å². The molecule has 0 radical (unpaired) electrons. The zero-order valence-corrected chi connectivity index (χ0v) is 6.55. The van der Waals surface area contributed by atoms with E-state index in [0.717, 1.165) is 19.5 Å². The molecule has 10 heavy (non-hydrogen) atoms. The van der Waals surface area contributed by atoms with E-state index in [-0.39, 0.29) is 11.9 Å². The minimum atomic E-state index is 0.116. The lowest BCUT2D eigenvalue weighted by Crippen LogP contribution is -2.53. The summed E-state index contributed by atoms with van der Waals surface area (Å²) < 4.78 is 0. The molecule has 1 aliphatic rings. The largest absolute Gasteiger partial charge is 0.345 e. The zero-order valence-electron chi connectivity index (χ0n) is 6.55. The first kappa shape index (κ1) is 7.54. The van der Waals surface area contributed by atoms with Crippen LogP contribution in [0.3, 0.4) is 0 Å². The summed E-state index contributed by atoms with van der Waals surface area (Å²) in [7, 11) is 1.84. The highest BCUT2D eigenvalue weighted by Gasteiger charge is 2.26. The number of amides is 1. The highest BCUT2D eigenvalue weighted by atomic mass is 16.2. The normalized spacial score (nSPS) is 23.6. The van der Waals surface area contributed by atoms with E-state index in [4.69, 9.17) is 0 Å². The highest BCUT2D eigenvalue weighted by molar-refractivity contribution is 5.82. The Bertz CT molecular complexity index is 125. The number of hydrogen-bond donors (Lipinski definition) is 1. The van der Waals surface area contributed by atoms with Gasteiger partial charge in [-0.2, -0.15) is 0 Å². The number of rotatable bonds is 2. The molecule has 0 aromatic carbocycles. The lowest BCUT2D eigenvalue weighted by atomic mass is 10.1. The van der Waals surface area contributed by atoms with E-state index in [1.54, 1.807) is 4.90 Å². The van der Waals surface area contributed by atoms with Gasteiger partial charge in [0, 0.05) is 13.6 Å². The summed E-state index contributed by atoms with van der Waals surface area (Å²) >= 11 is 0. The van der Waals surface area contributed by atoms with Gasteiger partial charge in [-0.1, -0.05) is 0 Å². The molecule has 3 nitrogen and oxygen atoms in total. The van der Waals surface area contributed by atoms with Gasteiger partial charge in [-0.25, -0.2) is 0 Å². The molecular weight excluding hydrogens is 128 g/mol. The van der Waals surface area contributed by atoms with Gasteiger partial charge in [-0.15, -0.1) is 0 Å². The predicted octanol–water partition coefficient (Wildman–Crippen LogP) is -0.173. The molecule has 1 atom stereocenters. The fourth-order valence-electron chi connectivity index (χ4n) is 0.921. The fourth-order valence-corrected chi connectivity index (χ4v) is 0.921. The van der Waals surface area contributed by atoms with Gasteiger partial charge in [-0.3, -0.25) is 4.79 Å². The molecule has 0 bridgehead atoms. The molecule has 0 aliphatic carbocycles. The molecule has 1 heterocycles. The molecule has 0 saturated carbocycles. The Morgan fingerprint density at radius 2 is 2.40 bits per heavy atom. The molecule has 0 aromatic heterocycles. The summed E-state index contributed by atoms with van der Waals surface area (Å²) in [6.45, 7) is 3.78. The third-order valence-corrected chi connectivity index (χ3v) is 1.97. The Hall–Kier alpha value is -0.570. The minimum Gasteiger partial charge on any atom is -0.345 e. The second-order valence-electron chi connectivity index (χ2n) is 2.65. The van der Waals surface area contributed by atoms with Crippen LogP contribution in [0.2, 0.25) is 0 Å². The summed E-state index contributed by atoms with van der Waals surface area (Å²) in [5, 5.41) is 3.07. The van der Waals surface area contributed by atoms with Crippen molar-refractivity contribution in [2.24, 2.45) is 0 Å². The average molecular weight is 142 g/mol. The van der Waals surface area contributed by atoms with Crippen molar-refractivity contribution < 1.29 is 4.79 Å². The van der Waals surface area contributed by atoms with E-state index >= 15 is 0 Å². The van der Waals surface area contributed by atoms with Crippen LogP contribution in [0.15, 0.2) is 0 Å². The Morgan fingerprint density at radius 1 is 1.80 bits per heavy atom. The minimum absolute atomic E-state index is 0.116. The molecule has 1 amide bonds. The van der Waals surface area contributed by atoms with Crippen molar-refractivity contribution in [2.45, 2.75) is 19.4 Å². The van der Waals surface area contributed by atoms with Crippen LogP contribution >= 0.6 is 0 Å². The average Bonchev–Trinajstić information content (AvgIpc) is 1.82. The van der Waals surface area contributed by atoms with E-state index in [1.807, 2.05) is 14.0 Å². The maximum atomic E-state index is 11.2. The van der Waals surface area contributed by atoms with Crippen molar-refractivity contribution >= 4 is 5.91 Å². The number of nitrogens with zero attached hydrogens (tertiary/aromatic N) is 1. The third-order valence-electron chi connectivity index (χ3n) is 1.97. The molecule has 1 N–H and O–H groups in total. The van der Waals surface area contributed by atoms with Crippen molar-refractivity contribution in [1.29, 1.82) is 0 Å². The fraction of sp³-hybridized carbons (Fsp3) is 0.857. The van der Waals surface area contributed by atoms with Crippen LogP contribution in [0.1, 0.15) is 13.3 Å². The summed E-state index contributed by atoms with van der Waals surface area (Å²) in [4.78, 5) is 13.0. The van der Waals surface area contributed by atoms with E-state index in [2.05, 4.69) is 5.32 Å². The first-order valence-corrected chi connectivity index (χ1v) is 3.74. The molecule has 1 saturated heterocycles. The lowest BCUT2D eigenvalue weighted by molar-refractivity contribution is -0.133. The van der Waals surface area contributed by atoms with Crippen LogP contribution in [0.4, 0.5) is 0 Å². The molecule has 0 spiro atoms. The van der Waals surface area contributed by atoms with Crippen molar-refractivity contribution in [2.75, 3.05) is 20.1 Å². The van der Waals surface area contributed by atoms with Crippen LogP contribution in [-0.2, 0) is 4.79 Å². The first-order chi connectivity index (χ1) is 4.75. The van der Waals surface area contributed by atoms with E-state index in [0.29, 0.717) is 0 Å². The van der Waals surface area contributed by atoms with Gasteiger partial charge in [0.25, 0.3) is 0 Å². The zero-order chi connectivity index (χ0) is 7.56. The van der Waals surface area contributed by atoms with E-state index in [1.165, 1.54) is 0 Å². The van der Waals surface area contributed by atoms with Crippen LogP contribution in [0, 0.1) is 0 Å². The number of carbonyl (C=O) groups is 1. The number of carbonyl (C=O) groups excluding carboxylic acids is 1. The van der Waals surface area contributed by atoms with Crippen LogP contribution < -0.4 is 5.32 Å².